The molecule has 0 aliphatic rings. The molecule has 3 rings (SSSR count). The van der Waals surface area contributed by atoms with Gasteiger partial charge in [0.25, 0.3) is 0 Å². The number of ether oxygens (including phenoxy) is 1. The molecule has 120 valence electrons. The molecule has 0 saturated carbocycles. The summed E-state index contributed by atoms with van der Waals surface area (Å²) in [7, 11) is 0. The van der Waals surface area contributed by atoms with Crippen molar-refractivity contribution < 1.29 is 9.53 Å². The van der Waals surface area contributed by atoms with Gasteiger partial charge in [0.05, 0.1) is 5.56 Å². The van der Waals surface area contributed by atoms with Gasteiger partial charge in [0.1, 0.15) is 5.75 Å². The normalized spacial score (nSPS) is 10.5. The Balaban J connectivity index is 1.84. The van der Waals surface area contributed by atoms with Crippen LogP contribution >= 0.6 is 22.6 Å². The number of hydrogen-bond donors (Lipinski definition) is 0. The summed E-state index contributed by atoms with van der Waals surface area (Å²) in [5, 5.41) is 0. The second-order valence-corrected chi connectivity index (χ2v) is 6.88. The molecule has 0 amide bonds. The van der Waals surface area contributed by atoms with Crippen molar-refractivity contribution in [1.29, 1.82) is 0 Å². The molecule has 0 unspecified atom stereocenters. The number of hydrogen-bond acceptors (Lipinski definition) is 2. The van der Waals surface area contributed by atoms with E-state index in [1.165, 1.54) is 5.56 Å². The minimum absolute atomic E-state index is 0.328. The van der Waals surface area contributed by atoms with Gasteiger partial charge in [-0.25, -0.2) is 4.79 Å². The molecular weight excluding hydrogens is 411 g/mol. The Morgan fingerprint density at radius 3 is 2.21 bits per heavy atom. The van der Waals surface area contributed by atoms with Crippen molar-refractivity contribution >= 4 is 28.6 Å². The van der Waals surface area contributed by atoms with Crippen LogP contribution in [0, 0.1) is 17.4 Å². The zero-order chi connectivity index (χ0) is 17.1. The summed E-state index contributed by atoms with van der Waals surface area (Å²) >= 11 is 2.14. The van der Waals surface area contributed by atoms with Crippen LogP contribution in [-0.4, -0.2) is 5.97 Å². The van der Waals surface area contributed by atoms with Crippen LogP contribution in [0.2, 0.25) is 0 Å². The summed E-state index contributed by atoms with van der Waals surface area (Å²) in [5.41, 5.74) is 5.02. The molecule has 0 N–H and O–H groups in total. The second-order valence-electron chi connectivity index (χ2n) is 5.72. The standard InChI is InChI=1S/C21H17IO2/c1-14-7-9-16(10-8-14)17-11-12-20(15(2)13-17)24-21(23)18-5-3-4-6-19(18)22/h3-13H,1-2H3. The highest BCUT2D eigenvalue weighted by atomic mass is 127. The van der Waals surface area contributed by atoms with E-state index in [0.717, 1.165) is 20.3 Å². The maximum atomic E-state index is 12.4. The van der Waals surface area contributed by atoms with E-state index in [9.17, 15) is 4.79 Å². The lowest BCUT2D eigenvalue weighted by molar-refractivity contribution is 0.0732. The fraction of sp³-hybridized carbons (Fsp3) is 0.0952. The zero-order valence-electron chi connectivity index (χ0n) is 13.5. The smallest absolute Gasteiger partial charge is 0.344 e. The van der Waals surface area contributed by atoms with E-state index in [-0.39, 0.29) is 5.97 Å². The van der Waals surface area contributed by atoms with Gasteiger partial charge in [-0.15, -0.1) is 0 Å². The maximum absolute atomic E-state index is 12.4. The summed E-state index contributed by atoms with van der Waals surface area (Å²) in [6.45, 7) is 4.03. The van der Waals surface area contributed by atoms with Crippen LogP contribution in [0.5, 0.6) is 5.75 Å². The van der Waals surface area contributed by atoms with Crippen LogP contribution in [0.3, 0.4) is 0 Å². The lowest BCUT2D eigenvalue weighted by atomic mass is 10.0. The van der Waals surface area contributed by atoms with Crippen molar-refractivity contribution in [2.24, 2.45) is 0 Å². The quantitative estimate of drug-likeness (QED) is 0.300. The van der Waals surface area contributed by atoms with E-state index >= 15 is 0 Å². The molecular formula is C21H17IO2. The first-order valence-corrected chi connectivity index (χ1v) is 8.77. The predicted molar refractivity (Wildman–Crippen MR) is 105 cm³/mol. The Labute approximate surface area is 155 Å². The zero-order valence-corrected chi connectivity index (χ0v) is 15.7. The summed E-state index contributed by atoms with van der Waals surface area (Å²) in [6, 6.07) is 21.7. The molecule has 0 heterocycles. The average molecular weight is 428 g/mol. The molecule has 0 aliphatic carbocycles. The molecule has 0 fully saturated rings. The number of benzene rings is 3. The van der Waals surface area contributed by atoms with Gasteiger partial charge in [-0.2, -0.15) is 0 Å². The first kappa shape index (κ1) is 16.7. The number of rotatable bonds is 3. The van der Waals surface area contributed by atoms with Crippen LogP contribution in [0.15, 0.2) is 66.7 Å². The lowest BCUT2D eigenvalue weighted by Gasteiger charge is -2.10. The summed E-state index contributed by atoms with van der Waals surface area (Å²) < 4.78 is 6.46. The van der Waals surface area contributed by atoms with Crippen LogP contribution in [0.4, 0.5) is 0 Å². The van der Waals surface area contributed by atoms with Crippen LogP contribution in [0.1, 0.15) is 21.5 Å². The average Bonchev–Trinajstić information content (AvgIpc) is 2.57. The highest BCUT2D eigenvalue weighted by molar-refractivity contribution is 14.1. The summed E-state index contributed by atoms with van der Waals surface area (Å²) in [4.78, 5) is 12.4. The Morgan fingerprint density at radius 1 is 0.875 bits per heavy atom. The van der Waals surface area contributed by atoms with Crippen LogP contribution in [-0.2, 0) is 0 Å². The van der Waals surface area contributed by atoms with E-state index < -0.39 is 0 Å². The topological polar surface area (TPSA) is 26.3 Å². The van der Waals surface area contributed by atoms with E-state index in [1.807, 2.05) is 43.3 Å². The van der Waals surface area contributed by atoms with E-state index in [2.05, 4.69) is 53.8 Å². The first-order chi connectivity index (χ1) is 11.5. The minimum atomic E-state index is -0.328. The van der Waals surface area contributed by atoms with Crippen molar-refractivity contribution in [2.45, 2.75) is 13.8 Å². The number of esters is 1. The van der Waals surface area contributed by atoms with Crippen molar-refractivity contribution in [1.82, 2.24) is 0 Å². The predicted octanol–water partition coefficient (Wildman–Crippen LogP) is 5.79. The minimum Gasteiger partial charge on any atom is -0.423 e. The molecule has 3 heteroatoms. The van der Waals surface area contributed by atoms with Crippen molar-refractivity contribution in [3.63, 3.8) is 0 Å². The SMILES string of the molecule is Cc1ccc(-c2ccc(OC(=O)c3ccccc3I)c(C)c2)cc1. The summed E-state index contributed by atoms with van der Waals surface area (Å²) in [5.74, 6) is 0.265. The number of carbonyl (C=O) groups excluding carboxylic acids is 1. The van der Waals surface area contributed by atoms with E-state index in [1.54, 1.807) is 6.07 Å². The van der Waals surface area contributed by atoms with Gasteiger partial charge in [0.2, 0.25) is 0 Å². The third-order valence-electron chi connectivity index (χ3n) is 3.86. The maximum Gasteiger partial charge on any atom is 0.344 e. The van der Waals surface area contributed by atoms with Gasteiger partial charge in [-0.1, -0.05) is 48.0 Å². The first-order valence-electron chi connectivity index (χ1n) is 7.69. The number of aryl methyl sites for hydroxylation is 2. The molecule has 2 nitrogen and oxygen atoms in total. The molecule has 3 aromatic rings. The van der Waals surface area contributed by atoms with Gasteiger partial charge in [-0.3, -0.25) is 0 Å². The highest BCUT2D eigenvalue weighted by Gasteiger charge is 2.13. The van der Waals surface area contributed by atoms with Gasteiger partial charge >= 0.3 is 5.97 Å². The van der Waals surface area contributed by atoms with Gasteiger partial charge in [0, 0.05) is 3.57 Å². The fourth-order valence-electron chi connectivity index (χ4n) is 2.47. The van der Waals surface area contributed by atoms with Gasteiger partial charge in [0.15, 0.2) is 0 Å². The molecule has 0 bridgehead atoms. The van der Waals surface area contributed by atoms with Crippen LogP contribution in [0.25, 0.3) is 11.1 Å². The molecule has 0 saturated heterocycles. The Hall–Kier alpha value is -2.14. The highest BCUT2D eigenvalue weighted by Crippen LogP contribution is 2.27. The van der Waals surface area contributed by atoms with Gasteiger partial charge < -0.3 is 4.74 Å². The Morgan fingerprint density at radius 2 is 1.54 bits per heavy atom. The third kappa shape index (κ3) is 3.67. The molecule has 24 heavy (non-hydrogen) atoms. The van der Waals surface area contributed by atoms with Gasteiger partial charge in [-0.05, 0) is 77.4 Å². The molecule has 0 aromatic heterocycles. The molecule has 0 radical (unpaired) electrons. The monoisotopic (exact) mass is 428 g/mol. The molecule has 0 spiro atoms. The summed E-state index contributed by atoms with van der Waals surface area (Å²) in [6.07, 6.45) is 0. The van der Waals surface area contributed by atoms with Crippen molar-refractivity contribution in [3.05, 3.63) is 87.0 Å². The lowest BCUT2D eigenvalue weighted by Crippen LogP contribution is -2.10. The molecule has 0 aliphatic heterocycles. The third-order valence-corrected chi connectivity index (χ3v) is 4.80. The fourth-order valence-corrected chi connectivity index (χ4v) is 3.08. The Kier molecular flexibility index (Phi) is 5.00. The van der Waals surface area contributed by atoms with E-state index in [0.29, 0.717) is 11.3 Å². The second kappa shape index (κ2) is 7.18. The molecule has 3 aromatic carbocycles. The number of carbonyl (C=O) groups is 1. The van der Waals surface area contributed by atoms with E-state index in [4.69, 9.17) is 4.74 Å². The van der Waals surface area contributed by atoms with Crippen molar-refractivity contribution in [3.8, 4) is 16.9 Å². The van der Waals surface area contributed by atoms with Crippen molar-refractivity contribution in [2.75, 3.05) is 0 Å². The van der Waals surface area contributed by atoms with Crippen LogP contribution < -0.4 is 4.74 Å². The Bertz CT molecular complexity index is 883. The largest absolute Gasteiger partial charge is 0.423 e. The number of halogens is 1. The molecule has 0 atom stereocenters.